The highest BCUT2D eigenvalue weighted by Gasteiger charge is 1.99. The van der Waals surface area contributed by atoms with Crippen molar-refractivity contribution >= 4 is 33.9 Å². The van der Waals surface area contributed by atoms with Gasteiger partial charge in [0.05, 0.1) is 11.6 Å². The summed E-state index contributed by atoms with van der Waals surface area (Å²) >= 11 is 7.17. The summed E-state index contributed by atoms with van der Waals surface area (Å²) in [6, 6.07) is 1.80. The molecule has 0 aliphatic carbocycles. The Balaban J connectivity index is 2.17. The summed E-state index contributed by atoms with van der Waals surface area (Å²) in [5, 5.41) is 5.76. The molecule has 0 atom stereocenters. The van der Waals surface area contributed by atoms with E-state index in [9.17, 15) is 0 Å². The molecule has 72 valence electrons. The SMILES string of the molecule is ClCc1cc(Nc2nccs2)ncn1. The predicted octanol–water partition coefficient (Wildman–Crippen LogP) is 2.42. The van der Waals surface area contributed by atoms with Crippen molar-refractivity contribution in [3.05, 3.63) is 29.7 Å². The summed E-state index contributed by atoms with van der Waals surface area (Å²) in [5.74, 6) is 1.10. The van der Waals surface area contributed by atoms with Crippen molar-refractivity contribution in [1.82, 2.24) is 15.0 Å². The molecule has 0 aromatic carbocycles. The van der Waals surface area contributed by atoms with E-state index in [0.717, 1.165) is 10.8 Å². The smallest absolute Gasteiger partial charge is 0.188 e. The Hall–Kier alpha value is -1.20. The van der Waals surface area contributed by atoms with Gasteiger partial charge < -0.3 is 5.32 Å². The van der Waals surface area contributed by atoms with Crippen LogP contribution in [0, 0.1) is 0 Å². The Labute approximate surface area is 90.0 Å². The second-order valence-electron chi connectivity index (χ2n) is 2.49. The molecule has 14 heavy (non-hydrogen) atoms. The third kappa shape index (κ3) is 2.18. The second kappa shape index (κ2) is 4.34. The molecule has 0 unspecified atom stereocenters. The zero-order valence-corrected chi connectivity index (χ0v) is 8.72. The highest BCUT2D eigenvalue weighted by Crippen LogP contribution is 2.16. The van der Waals surface area contributed by atoms with Crippen molar-refractivity contribution in [2.75, 3.05) is 5.32 Å². The van der Waals surface area contributed by atoms with Crippen molar-refractivity contribution in [2.45, 2.75) is 5.88 Å². The number of halogens is 1. The molecule has 4 nitrogen and oxygen atoms in total. The zero-order valence-electron chi connectivity index (χ0n) is 7.14. The van der Waals surface area contributed by atoms with Crippen LogP contribution in [0.3, 0.4) is 0 Å². The van der Waals surface area contributed by atoms with Gasteiger partial charge in [-0.05, 0) is 0 Å². The molecule has 0 saturated heterocycles. The molecule has 0 fully saturated rings. The number of nitrogens with one attached hydrogen (secondary N) is 1. The van der Waals surface area contributed by atoms with E-state index in [0.29, 0.717) is 11.7 Å². The predicted molar refractivity (Wildman–Crippen MR) is 57.0 cm³/mol. The van der Waals surface area contributed by atoms with Gasteiger partial charge in [0.15, 0.2) is 5.13 Å². The lowest BCUT2D eigenvalue weighted by Gasteiger charge is -2.01. The first-order valence-electron chi connectivity index (χ1n) is 3.92. The number of hydrogen-bond donors (Lipinski definition) is 1. The van der Waals surface area contributed by atoms with Gasteiger partial charge in [0.1, 0.15) is 12.1 Å². The molecular weight excluding hydrogens is 220 g/mol. The van der Waals surface area contributed by atoms with Crippen molar-refractivity contribution in [2.24, 2.45) is 0 Å². The van der Waals surface area contributed by atoms with Gasteiger partial charge in [-0.3, -0.25) is 0 Å². The number of rotatable bonds is 3. The maximum Gasteiger partial charge on any atom is 0.188 e. The first kappa shape index (κ1) is 9.36. The minimum Gasteiger partial charge on any atom is -0.316 e. The molecule has 0 saturated carbocycles. The zero-order chi connectivity index (χ0) is 9.80. The number of nitrogens with zero attached hydrogens (tertiary/aromatic N) is 3. The van der Waals surface area contributed by atoms with Crippen molar-refractivity contribution < 1.29 is 0 Å². The molecular formula is C8H7ClN4S. The summed E-state index contributed by atoms with van der Waals surface area (Å²) in [5.41, 5.74) is 0.792. The van der Waals surface area contributed by atoms with Gasteiger partial charge in [0.25, 0.3) is 0 Å². The van der Waals surface area contributed by atoms with Crippen molar-refractivity contribution in [3.63, 3.8) is 0 Å². The van der Waals surface area contributed by atoms with Crippen molar-refractivity contribution in [3.8, 4) is 0 Å². The van der Waals surface area contributed by atoms with E-state index in [1.165, 1.54) is 17.7 Å². The number of anilines is 2. The van der Waals surface area contributed by atoms with Gasteiger partial charge in [0, 0.05) is 17.6 Å². The van der Waals surface area contributed by atoms with Crippen LogP contribution in [0.5, 0.6) is 0 Å². The maximum absolute atomic E-state index is 5.65. The molecule has 2 rings (SSSR count). The maximum atomic E-state index is 5.65. The van der Waals surface area contributed by atoms with Crippen LogP contribution in [-0.4, -0.2) is 15.0 Å². The second-order valence-corrected chi connectivity index (χ2v) is 3.65. The fourth-order valence-corrected chi connectivity index (χ4v) is 1.62. The Morgan fingerprint density at radius 1 is 1.36 bits per heavy atom. The molecule has 6 heteroatoms. The number of aromatic nitrogens is 3. The van der Waals surface area contributed by atoms with Gasteiger partial charge in [0.2, 0.25) is 0 Å². The van der Waals surface area contributed by atoms with Crippen LogP contribution in [0.4, 0.5) is 10.9 Å². The van der Waals surface area contributed by atoms with E-state index in [1.807, 2.05) is 5.38 Å². The summed E-state index contributed by atoms with van der Waals surface area (Å²) in [7, 11) is 0. The van der Waals surface area contributed by atoms with E-state index in [4.69, 9.17) is 11.6 Å². The van der Waals surface area contributed by atoms with E-state index < -0.39 is 0 Å². The highest BCUT2D eigenvalue weighted by atomic mass is 35.5. The van der Waals surface area contributed by atoms with Crippen LogP contribution in [0.1, 0.15) is 5.69 Å². The average molecular weight is 227 g/mol. The molecule has 2 aromatic heterocycles. The average Bonchev–Trinajstić information content (AvgIpc) is 2.71. The van der Waals surface area contributed by atoms with Gasteiger partial charge in [-0.15, -0.1) is 22.9 Å². The van der Waals surface area contributed by atoms with E-state index in [-0.39, 0.29) is 0 Å². The van der Waals surface area contributed by atoms with Crippen molar-refractivity contribution in [1.29, 1.82) is 0 Å². The molecule has 2 heterocycles. The van der Waals surface area contributed by atoms with Gasteiger partial charge in [-0.25, -0.2) is 15.0 Å². The lowest BCUT2D eigenvalue weighted by atomic mass is 10.4. The van der Waals surface area contributed by atoms with Crippen LogP contribution in [0.2, 0.25) is 0 Å². The molecule has 0 radical (unpaired) electrons. The molecule has 0 spiro atoms. The standard InChI is InChI=1S/C8H7ClN4S/c9-4-6-3-7(12-5-11-6)13-8-10-1-2-14-8/h1-3,5H,4H2,(H,10,11,12,13). The number of alkyl halides is 1. The summed E-state index contributed by atoms with van der Waals surface area (Å²) in [6.07, 6.45) is 3.21. The van der Waals surface area contributed by atoms with E-state index in [2.05, 4.69) is 20.3 Å². The minimum absolute atomic E-state index is 0.384. The quantitative estimate of drug-likeness (QED) is 0.817. The summed E-state index contributed by atoms with van der Waals surface area (Å²) < 4.78 is 0. The summed E-state index contributed by atoms with van der Waals surface area (Å²) in [4.78, 5) is 12.1. The van der Waals surface area contributed by atoms with Gasteiger partial charge in [-0.1, -0.05) is 0 Å². The lowest BCUT2D eigenvalue weighted by molar-refractivity contribution is 1.08. The van der Waals surface area contributed by atoms with Crippen LogP contribution in [0.25, 0.3) is 0 Å². The third-order valence-corrected chi connectivity index (χ3v) is 2.49. The summed E-state index contributed by atoms with van der Waals surface area (Å²) in [6.45, 7) is 0. The number of thiazole rings is 1. The topological polar surface area (TPSA) is 50.7 Å². The van der Waals surface area contributed by atoms with Crippen LogP contribution in [0.15, 0.2) is 24.0 Å². The normalized spacial score (nSPS) is 10.1. The fraction of sp³-hybridized carbons (Fsp3) is 0.125. The Bertz CT molecular complexity index is 403. The lowest BCUT2D eigenvalue weighted by Crippen LogP contribution is -1.95. The molecule has 0 amide bonds. The molecule has 0 bridgehead atoms. The minimum atomic E-state index is 0.384. The first-order valence-corrected chi connectivity index (χ1v) is 5.33. The Kier molecular flexibility index (Phi) is 2.90. The Morgan fingerprint density at radius 3 is 3.00 bits per heavy atom. The molecule has 1 N–H and O–H groups in total. The fourth-order valence-electron chi connectivity index (χ4n) is 0.934. The Morgan fingerprint density at radius 2 is 2.29 bits per heavy atom. The number of hydrogen-bond acceptors (Lipinski definition) is 5. The molecule has 0 aliphatic rings. The first-order chi connectivity index (χ1) is 6.88. The van der Waals surface area contributed by atoms with Crippen LogP contribution < -0.4 is 5.32 Å². The van der Waals surface area contributed by atoms with E-state index >= 15 is 0 Å². The molecule has 0 aliphatic heterocycles. The monoisotopic (exact) mass is 226 g/mol. The van der Waals surface area contributed by atoms with Crippen LogP contribution >= 0.6 is 22.9 Å². The van der Waals surface area contributed by atoms with Gasteiger partial charge in [-0.2, -0.15) is 0 Å². The largest absolute Gasteiger partial charge is 0.316 e. The third-order valence-electron chi connectivity index (χ3n) is 1.53. The van der Waals surface area contributed by atoms with E-state index in [1.54, 1.807) is 12.3 Å². The highest BCUT2D eigenvalue weighted by molar-refractivity contribution is 7.13. The van der Waals surface area contributed by atoms with Crippen LogP contribution in [-0.2, 0) is 5.88 Å². The van der Waals surface area contributed by atoms with Gasteiger partial charge >= 0.3 is 0 Å². The molecule has 2 aromatic rings.